The number of methoxy groups -OCH3 is 1. The van der Waals surface area contributed by atoms with E-state index >= 15 is 0 Å². The molecule has 266 valence electrons. The van der Waals surface area contributed by atoms with Gasteiger partial charge in [-0.05, 0) is 64.2 Å². The Kier molecular flexibility index (Phi) is 9.88. The van der Waals surface area contributed by atoms with Crippen LogP contribution in [0.2, 0.25) is 0 Å². The molecule has 49 heavy (non-hydrogen) atoms. The number of nitrogens with one attached hydrogen (secondary N) is 3. The minimum Gasteiger partial charge on any atom is -0.497 e. The number of carbonyl (C=O) groups is 4. The van der Waals surface area contributed by atoms with Crippen molar-refractivity contribution in [2.24, 2.45) is 11.8 Å². The molecule has 1 aromatic carbocycles. The van der Waals surface area contributed by atoms with Crippen molar-refractivity contribution in [3.05, 3.63) is 43.1 Å². The van der Waals surface area contributed by atoms with Crippen molar-refractivity contribution in [3.8, 4) is 11.5 Å². The lowest BCUT2D eigenvalue weighted by molar-refractivity contribution is -0.141. The molecule has 1 aliphatic heterocycles. The van der Waals surface area contributed by atoms with Gasteiger partial charge < -0.3 is 29.7 Å². The highest BCUT2D eigenvalue weighted by molar-refractivity contribution is 7.91. The van der Waals surface area contributed by atoms with Gasteiger partial charge in [0.05, 0.1) is 24.4 Å². The summed E-state index contributed by atoms with van der Waals surface area (Å²) in [6.07, 6.45) is 2.74. The first kappa shape index (κ1) is 35.9. The monoisotopic (exact) mass is 699 g/mol. The largest absolute Gasteiger partial charge is 0.497 e. The SMILES string of the molecule is C=C[C@@H]1C[C@]1(NC(=O)[C@@H]1C[C@@H](Oc2ccnc3cc(OC)ccc23)CN1C(=O)[C@@H](NC(=O)OC(C)(C)C)C(C)C)C(=O)NS(=O)(=O)C1CC1. The van der Waals surface area contributed by atoms with Gasteiger partial charge in [0.2, 0.25) is 21.8 Å². The molecular weight excluding hydrogens is 654 g/mol. The number of hydrogen-bond acceptors (Lipinski definition) is 10. The summed E-state index contributed by atoms with van der Waals surface area (Å²) in [6.45, 7) is 12.4. The maximum absolute atomic E-state index is 14.2. The Hall–Kier alpha value is -4.40. The zero-order chi connectivity index (χ0) is 35.9. The molecule has 5 rings (SSSR count). The smallest absolute Gasteiger partial charge is 0.408 e. The molecule has 2 aliphatic carbocycles. The predicted molar refractivity (Wildman–Crippen MR) is 180 cm³/mol. The summed E-state index contributed by atoms with van der Waals surface area (Å²) in [5.41, 5.74) is -1.73. The van der Waals surface area contributed by atoms with E-state index < -0.39 is 74.3 Å². The van der Waals surface area contributed by atoms with Crippen molar-refractivity contribution in [3.63, 3.8) is 0 Å². The number of ether oxygens (including phenoxy) is 3. The van der Waals surface area contributed by atoms with Gasteiger partial charge >= 0.3 is 6.09 Å². The molecule has 1 aromatic heterocycles. The molecule has 3 fully saturated rings. The minimum absolute atomic E-state index is 0.0176. The fourth-order valence-electron chi connectivity index (χ4n) is 6.03. The van der Waals surface area contributed by atoms with Gasteiger partial charge in [0.25, 0.3) is 5.91 Å². The number of sulfonamides is 1. The average Bonchev–Trinajstić information content (AvgIpc) is 3.95. The molecule has 0 unspecified atom stereocenters. The number of carbonyl (C=O) groups excluding carboxylic acids is 4. The zero-order valence-corrected chi connectivity index (χ0v) is 29.5. The van der Waals surface area contributed by atoms with Crippen molar-refractivity contribution < 1.29 is 41.8 Å². The Morgan fingerprint density at radius 2 is 1.86 bits per heavy atom. The first-order valence-electron chi connectivity index (χ1n) is 16.4. The number of rotatable bonds is 12. The Morgan fingerprint density at radius 3 is 2.45 bits per heavy atom. The first-order chi connectivity index (χ1) is 23.0. The number of alkyl carbamates (subject to hydrolysis) is 1. The van der Waals surface area contributed by atoms with Crippen LogP contribution >= 0.6 is 0 Å². The fourth-order valence-corrected chi connectivity index (χ4v) is 7.40. The minimum atomic E-state index is -3.89. The van der Waals surface area contributed by atoms with Crippen LogP contribution in [0.15, 0.2) is 43.1 Å². The highest BCUT2D eigenvalue weighted by Crippen LogP contribution is 2.45. The predicted octanol–water partition coefficient (Wildman–Crippen LogP) is 2.81. The van der Waals surface area contributed by atoms with E-state index in [-0.39, 0.29) is 25.3 Å². The highest BCUT2D eigenvalue weighted by Gasteiger charge is 2.62. The molecule has 2 aromatic rings. The third-order valence-electron chi connectivity index (χ3n) is 8.91. The summed E-state index contributed by atoms with van der Waals surface area (Å²) < 4.78 is 44.5. The Morgan fingerprint density at radius 1 is 1.14 bits per heavy atom. The number of pyridine rings is 1. The van der Waals surface area contributed by atoms with Crippen molar-refractivity contribution in [1.29, 1.82) is 0 Å². The molecule has 5 atom stereocenters. The summed E-state index contributed by atoms with van der Waals surface area (Å²) >= 11 is 0. The topological polar surface area (TPSA) is 182 Å². The second-order valence-corrected chi connectivity index (χ2v) is 16.2. The van der Waals surface area contributed by atoms with Gasteiger partial charge in [-0.15, -0.1) is 6.58 Å². The van der Waals surface area contributed by atoms with Gasteiger partial charge in [-0.2, -0.15) is 0 Å². The molecule has 3 N–H and O–H groups in total. The van der Waals surface area contributed by atoms with E-state index in [4.69, 9.17) is 14.2 Å². The molecule has 3 aliphatic rings. The second kappa shape index (κ2) is 13.5. The average molecular weight is 700 g/mol. The molecule has 0 radical (unpaired) electrons. The van der Waals surface area contributed by atoms with Crippen LogP contribution in [-0.2, 0) is 29.1 Å². The van der Waals surface area contributed by atoms with Crippen molar-refractivity contribution in [2.75, 3.05) is 13.7 Å². The maximum atomic E-state index is 14.2. The van der Waals surface area contributed by atoms with Crippen LogP contribution in [0.5, 0.6) is 11.5 Å². The molecule has 0 bridgehead atoms. The number of hydrogen-bond donors (Lipinski definition) is 3. The van der Waals surface area contributed by atoms with Crippen LogP contribution in [0.3, 0.4) is 0 Å². The van der Waals surface area contributed by atoms with Crippen LogP contribution in [0, 0.1) is 11.8 Å². The molecule has 4 amide bonds. The summed E-state index contributed by atoms with van der Waals surface area (Å²) in [7, 11) is -2.33. The summed E-state index contributed by atoms with van der Waals surface area (Å²) in [4.78, 5) is 60.2. The van der Waals surface area contributed by atoms with Gasteiger partial charge in [0, 0.05) is 30.0 Å². The summed E-state index contributed by atoms with van der Waals surface area (Å²) in [5.74, 6) is -1.85. The van der Waals surface area contributed by atoms with Gasteiger partial charge in [-0.1, -0.05) is 19.9 Å². The van der Waals surface area contributed by atoms with Crippen molar-refractivity contribution in [2.45, 2.75) is 94.9 Å². The first-order valence-corrected chi connectivity index (χ1v) is 17.9. The van der Waals surface area contributed by atoms with Crippen LogP contribution in [0.4, 0.5) is 4.79 Å². The van der Waals surface area contributed by atoms with Gasteiger partial charge in [-0.3, -0.25) is 24.1 Å². The van der Waals surface area contributed by atoms with E-state index in [9.17, 15) is 27.6 Å². The van der Waals surface area contributed by atoms with Gasteiger partial charge in [-0.25, -0.2) is 13.2 Å². The zero-order valence-electron chi connectivity index (χ0n) is 28.6. The number of fused-ring (bicyclic) bond motifs is 1. The highest BCUT2D eigenvalue weighted by atomic mass is 32.2. The number of nitrogens with zero attached hydrogens (tertiary/aromatic N) is 2. The van der Waals surface area contributed by atoms with Gasteiger partial charge in [0.15, 0.2) is 0 Å². The number of amides is 4. The third kappa shape index (κ3) is 7.92. The maximum Gasteiger partial charge on any atom is 0.408 e. The summed E-state index contributed by atoms with van der Waals surface area (Å²) in [6, 6.07) is 4.85. The van der Waals surface area contributed by atoms with Crippen LogP contribution in [0.1, 0.15) is 60.3 Å². The Labute approximate surface area is 286 Å². The molecule has 1 saturated heterocycles. The lowest BCUT2D eigenvalue weighted by Gasteiger charge is -2.31. The molecule has 2 heterocycles. The van der Waals surface area contributed by atoms with E-state index in [2.05, 4.69) is 26.9 Å². The number of aromatic nitrogens is 1. The lowest BCUT2D eigenvalue weighted by atomic mass is 10.0. The standard InChI is InChI=1S/C34H45N5O9S/c1-8-20-17-34(20,31(42)38-49(44,45)23-10-11-23)37-29(40)26-16-22(47-27-13-14-35-25-15-21(46-7)9-12-24(25)27)18-39(26)30(41)28(19(2)3)36-32(43)48-33(4,5)6/h8-9,12-15,19-20,22-23,26,28H,1,10-11,16-18H2,2-7H3,(H,36,43)(H,37,40)(H,38,42)/t20-,22-,26+,28+,34-/m1/s1. The second-order valence-electron chi connectivity index (χ2n) is 14.2. The molecule has 0 spiro atoms. The number of benzene rings is 1. The lowest BCUT2D eigenvalue weighted by Crippen LogP contribution is -2.59. The fraction of sp³-hybridized carbons (Fsp3) is 0.559. The Balaban J connectivity index is 1.42. The van der Waals surface area contributed by atoms with E-state index in [1.807, 2.05) is 0 Å². The van der Waals surface area contributed by atoms with Crippen LogP contribution in [-0.4, -0.2) is 90.3 Å². The summed E-state index contributed by atoms with van der Waals surface area (Å²) in [5, 5.41) is 5.49. The van der Waals surface area contributed by atoms with E-state index in [1.54, 1.807) is 72.2 Å². The van der Waals surface area contributed by atoms with Crippen LogP contribution < -0.4 is 24.8 Å². The number of likely N-dealkylation sites (tertiary alicyclic amines) is 1. The quantitative estimate of drug-likeness (QED) is 0.279. The molecule has 2 saturated carbocycles. The third-order valence-corrected chi connectivity index (χ3v) is 10.7. The Bertz CT molecular complexity index is 1750. The molecule has 15 heteroatoms. The normalized spacial score (nSPS) is 24.1. The molecular formula is C34H45N5O9S. The van der Waals surface area contributed by atoms with Crippen molar-refractivity contribution in [1.82, 2.24) is 25.2 Å². The van der Waals surface area contributed by atoms with Crippen LogP contribution in [0.25, 0.3) is 10.9 Å². The van der Waals surface area contributed by atoms with Crippen molar-refractivity contribution >= 4 is 44.7 Å². The van der Waals surface area contributed by atoms with Gasteiger partial charge in [0.1, 0.15) is 40.8 Å². The van der Waals surface area contributed by atoms with E-state index in [0.29, 0.717) is 35.2 Å². The molecule has 14 nitrogen and oxygen atoms in total. The van der Waals surface area contributed by atoms with E-state index in [1.165, 1.54) is 11.0 Å². The van der Waals surface area contributed by atoms with E-state index in [0.717, 1.165) is 0 Å².